The minimum atomic E-state index is -3.92. The molecule has 0 bridgehead atoms. The first-order valence-electron chi connectivity index (χ1n) is 5.09. The highest BCUT2D eigenvalue weighted by molar-refractivity contribution is 8.11. The van der Waals surface area contributed by atoms with Crippen LogP contribution in [0.4, 0.5) is 10.1 Å². The smallest absolute Gasteiger partial charge is 0.260 e. The second-order valence-corrected chi connectivity index (χ2v) is 8.96. The molecule has 0 aliphatic carbocycles. The molecule has 0 unspecified atom stereocenters. The van der Waals surface area contributed by atoms with Crippen LogP contribution in [0.25, 0.3) is 0 Å². The van der Waals surface area contributed by atoms with Crippen LogP contribution in [0, 0.1) is 6.92 Å². The molecular formula is C10H13Cl2FN2O2S2. The maximum absolute atomic E-state index is 13.1. The lowest BCUT2D eigenvalue weighted by molar-refractivity contribution is 0.504. The van der Waals surface area contributed by atoms with E-state index in [0.717, 1.165) is 9.87 Å². The number of anilines is 1. The Balaban J connectivity index is 2.96. The molecule has 108 valence electrons. The van der Waals surface area contributed by atoms with Crippen LogP contribution in [0.3, 0.4) is 0 Å². The Morgan fingerprint density at radius 2 is 1.68 bits per heavy atom. The summed E-state index contributed by atoms with van der Waals surface area (Å²) in [5.41, 5.74) is 1.45. The molecular weight excluding hydrogens is 334 g/mol. The van der Waals surface area contributed by atoms with Gasteiger partial charge in [0.25, 0.3) is 0 Å². The molecule has 1 aromatic rings. The number of hydrogen-bond donors (Lipinski definition) is 0. The number of rotatable bonds is 5. The Morgan fingerprint density at radius 1 is 1.21 bits per heavy atom. The van der Waals surface area contributed by atoms with E-state index in [1.165, 1.54) is 14.1 Å². The highest BCUT2D eigenvalue weighted by Crippen LogP contribution is 2.39. The Hall–Kier alpha value is -0.210. The van der Waals surface area contributed by atoms with Crippen LogP contribution >= 0.6 is 35.1 Å². The largest absolute Gasteiger partial charge is 0.319 e. The summed E-state index contributed by atoms with van der Waals surface area (Å²) < 4.78 is 36.3. The Labute approximate surface area is 126 Å². The monoisotopic (exact) mass is 346 g/mol. The summed E-state index contributed by atoms with van der Waals surface area (Å²) >= 11 is 10.4. The Kier molecular flexibility index (Phi) is 5.36. The first kappa shape index (κ1) is 16.8. The van der Waals surface area contributed by atoms with Gasteiger partial charge in [0.1, 0.15) is 0 Å². The van der Waals surface area contributed by atoms with Crippen molar-refractivity contribution >= 4 is 51.0 Å². The molecule has 19 heavy (non-hydrogen) atoms. The van der Waals surface area contributed by atoms with E-state index in [0.29, 0.717) is 9.40 Å². The van der Waals surface area contributed by atoms with Gasteiger partial charge in [-0.2, -0.15) is 12.8 Å². The predicted molar refractivity (Wildman–Crippen MR) is 79.4 cm³/mol. The summed E-state index contributed by atoms with van der Waals surface area (Å²) in [6.07, 6.45) is 0. The summed E-state index contributed by atoms with van der Waals surface area (Å²) in [5, 5.41) is 0. The molecule has 0 atom stereocenters. The van der Waals surface area contributed by atoms with E-state index in [1.807, 2.05) is 6.92 Å². The molecule has 0 amide bonds. The number of benzene rings is 1. The molecule has 0 spiro atoms. The van der Waals surface area contributed by atoms with Crippen LogP contribution in [-0.2, 0) is 10.2 Å². The van der Waals surface area contributed by atoms with E-state index in [4.69, 9.17) is 23.2 Å². The Morgan fingerprint density at radius 3 is 2.11 bits per heavy atom. The van der Waals surface area contributed by atoms with E-state index in [2.05, 4.69) is 0 Å². The quantitative estimate of drug-likeness (QED) is 0.606. The molecule has 0 N–H and O–H groups in total. The van der Waals surface area contributed by atoms with Crippen molar-refractivity contribution in [2.24, 2.45) is 0 Å². The zero-order valence-corrected chi connectivity index (χ0v) is 13.6. The summed E-state index contributed by atoms with van der Waals surface area (Å²) in [6.45, 7) is 1.89. The zero-order chi connectivity index (χ0) is 14.8. The van der Waals surface area contributed by atoms with E-state index in [1.54, 1.807) is 24.3 Å². The normalized spacial score (nSPS) is 12.8. The van der Waals surface area contributed by atoms with Crippen molar-refractivity contribution in [3.8, 4) is 0 Å². The van der Waals surface area contributed by atoms with Crippen molar-refractivity contribution < 1.29 is 12.8 Å². The molecule has 0 heterocycles. The second-order valence-electron chi connectivity index (χ2n) is 3.76. The average Bonchev–Trinajstić information content (AvgIpc) is 2.26. The summed E-state index contributed by atoms with van der Waals surface area (Å²) in [5.74, 6) is 0. The van der Waals surface area contributed by atoms with Gasteiger partial charge in [0.15, 0.2) is 0 Å². The van der Waals surface area contributed by atoms with Gasteiger partial charge in [-0.15, -0.1) is 3.71 Å². The van der Waals surface area contributed by atoms with Gasteiger partial charge in [-0.05, 0) is 19.1 Å². The van der Waals surface area contributed by atoms with E-state index < -0.39 is 14.1 Å². The van der Waals surface area contributed by atoms with Crippen molar-refractivity contribution in [2.75, 3.05) is 18.4 Å². The first-order valence-corrected chi connectivity index (χ1v) is 8.02. The van der Waals surface area contributed by atoms with Crippen molar-refractivity contribution in [1.29, 1.82) is 0 Å². The minimum absolute atomic E-state index is 0.158. The molecule has 9 heteroatoms. The molecule has 1 rings (SSSR count). The van der Waals surface area contributed by atoms with E-state index in [9.17, 15) is 12.8 Å². The summed E-state index contributed by atoms with van der Waals surface area (Å²) in [4.78, 5) is 0. The molecule has 1 aromatic carbocycles. The maximum atomic E-state index is 13.1. The van der Waals surface area contributed by atoms with Gasteiger partial charge >= 0.3 is 14.1 Å². The zero-order valence-electron chi connectivity index (χ0n) is 10.5. The lowest BCUT2D eigenvalue weighted by Crippen LogP contribution is -2.37. The fraction of sp³-hybridized carbons (Fsp3) is 0.400. The maximum Gasteiger partial charge on any atom is 0.319 e. The van der Waals surface area contributed by atoms with Gasteiger partial charge in [0.05, 0.1) is 5.69 Å². The highest BCUT2D eigenvalue weighted by atomic mass is 35.5. The third kappa shape index (κ3) is 4.68. The van der Waals surface area contributed by atoms with Gasteiger partial charge < -0.3 is 0 Å². The van der Waals surface area contributed by atoms with Crippen LogP contribution in [0.1, 0.15) is 5.56 Å². The summed E-state index contributed by atoms with van der Waals surface area (Å²) in [6, 6.07) is 6.85. The SMILES string of the molecule is Cc1ccc(N(C)S(=O)(=O)N(C)SC(F)(Cl)Cl)cc1. The average molecular weight is 347 g/mol. The lowest BCUT2D eigenvalue weighted by atomic mass is 10.2. The molecule has 0 aromatic heterocycles. The predicted octanol–water partition coefficient (Wildman–Crippen LogP) is 3.31. The lowest BCUT2D eigenvalue weighted by Gasteiger charge is -2.26. The molecule has 0 aliphatic heterocycles. The topological polar surface area (TPSA) is 40.6 Å². The van der Waals surface area contributed by atoms with Crippen molar-refractivity contribution in [1.82, 2.24) is 3.71 Å². The molecule has 0 radical (unpaired) electrons. The number of halogens is 3. The number of hydrogen-bond acceptors (Lipinski definition) is 3. The van der Waals surface area contributed by atoms with Gasteiger partial charge in [-0.25, -0.2) is 0 Å². The summed E-state index contributed by atoms with van der Waals surface area (Å²) in [7, 11) is -1.39. The van der Waals surface area contributed by atoms with Crippen LogP contribution in [0.2, 0.25) is 0 Å². The van der Waals surface area contributed by atoms with E-state index in [-0.39, 0.29) is 11.9 Å². The van der Waals surface area contributed by atoms with Crippen molar-refractivity contribution in [3.63, 3.8) is 0 Å². The molecule has 4 nitrogen and oxygen atoms in total. The molecule has 0 aliphatic rings. The second kappa shape index (κ2) is 6.05. The fourth-order valence-corrected chi connectivity index (χ4v) is 4.13. The first-order chi connectivity index (χ1) is 8.54. The van der Waals surface area contributed by atoms with Gasteiger partial charge in [0, 0.05) is 26.0 Å². The third-order valence-corrected chi connectivity index (χ3v) is 5.52. The highest BCUT2D eigenvalue weighted by Gasteiger charge is 2.34. The Bertz CT molecular complexity index is 531. The van der Waals surface area contributed by atoms with Crippen LogP contribution in [0.5, 0.6) is 0 Å². The molecule has 0 saturated heterocycles. The van der Waals surface area contributed by atoms with Gasteiger partial charge in [0.2, 0.25) is 0 Å². The standard InChI is InChI=1S/C10H13Cl2FN2O2S2/c1-8-4-6-9(7-5-8)14(2)19(16,17)15(3)18-10(11,12)13/h4-7H,1-3H3. The minimum Gasteiger partial charge on any atom is -0.260 e. The molecule has 0 saturated carbocycles. The number of alkyl halides is 3. The fourth-order valence-electron chi connectivity index (χ4n) is 1.25. The van der Waals surface area contributed by atoms with Crippen molar-refractivity contribution in [3.05, 3.63) is 29.8 Å². The van der Waals surface area contributed by atoms with Crippen LogP contribution in [0.15, 0.2) is 24.3 Å². The van der Waals surface area contributed by atoms with Crippen LogP contribution in [-0.4, -0.2) is 30.1 Å². The van der Waals surface area contributed by atoms with E-state index >= 15 is 0 Å². The molecule has 0 fully saturated rings. The number of nitrogens with zero attached hydrogens (tertiary/aromatic N) is 2. The van der Waals surface area contributed by atoms with Gasteiger partial charge in [-0.3, -0.25) is 4.31 Å². The van der Waals surface area contributed by atoms with Gasteiger partial charge in [-0.1, -0.05) is 40.9 Å². The van der Waals surface area contributed by atoms with Crippen molar-refractivity contribution in [2.45, 2.75) is 10.8 Å². The number of aryl methyl sites for hydroxylation is 1. The third-order valence-electron chi connectivity index (χ3n) is 2.30. The van der Waals surface area contributed by atoms with Crippen LogP contribution < -0.4 is 4.31 Å².